The quantitative estimate of drug-likeness (QED) is 0.237. The van der Waals surface area contributed by atoms with Crippen molar-refractivity contribution in [1.29, 1.82) is 0 Å². The lowest BCUT2D eigenvalue weighted by molar-refractivity contribution is -0.123. The fourth-order valence-corrected chi connectivity index (χ4v) is 6.14. The molecule has 0 radical (unpaired) electrons. The SMILES string of the molecule is CCOC(=O)c1ccc(NC(=O)CN2C(=O)/C(=C3\SC(=S)N([C@H](C)c4ccccc4)C3=O)c3ccccc32)cc1. The Balaban J connectivity index is 1.38. The lowest BCUT2D eigenvalue weighted by Crippen LogP contribution is -2.35. The number of nitrogens with one attached hydrogen (secondary N) is 1. The molecule has 0 unspecified atom stereocenters. The van der Waals surface area contributed by atoms with Crippen molar-refractivity contribution >= 4 is 68.9 Å². The highest BCUT2D eigenvalue weighted by Gasteiger charge is 2.43. The number of esters is 1. The minimum Gasteiger partial charge on any atom is -0.462 e. The molecule has 1 N–H and O–H groups in total. The summed E-state index contributed by atoms with van der Waals surface area (Å²) in [6.45, 7) is 3.62. The van der Waals surface area contributed by atoms with Crippen LogP contribution in [0.4, 0.5) is 11.4 Å². The summed E-state index contributed by atoms with van der Waals surface area (Å²) in [7, 11) is 0. The maximum absolute atomic E-state index is 13.7. The predicted octanol–water partition coefficient (Wildman–Crippen LogP) is 5.18. The number of nitrogens with zero attached hydrogens (tertiary/aromatic N) is 2. The number of carbonyl (C=O) groups excluding carboxylic acids is 4. The highest BCUT2D eigenvalue weighted by atomic mass is 32.2. The van der Waals surface area contributed by atoms with Gasteiger partial charge < -0.3 is 10.1 Å². The highest BCUT2D eigenvalue weighted by Crippen LogP contribution is 2.46. The second-order valence-electron chi connectivity index (χ2n) is 9.09. The molecule has 1 fully saturated rings. The second-order valence-corrected chi connectivity index (χ2v) is 10.7. The first-order chi connectivity index (χ1) is 19.3. The second kappa shape index (κ2) is 11.4. The summed E-state index contributed by atoms with van der Waals surface area (Å²) < 4.78 is 5.35. The smallest absolute Gasteiger partial charge is 0.338 e. The van der Waals surface area contributed by atoms with Crippen molar-refractivity contribution in [1.82, 2.24) is 4.90 Å². The Morgan fingerprint density at radius 2 is 1.62 bits per heavy atom. The molecule has 2 aliphatic heterocycles. The molecule has 202 valence electrons. The summed E-state index contributed by atoms with van der Waals surface area (Å²) in [6.07, 6.45) is 0. The van der Waals surface area contributed by atoms with E-state index in [0.717, 1.165) is 17.3 Å². The van der Waals surface area contributed by atoms with Crippen LogP contribution in [0, 0.1) is 0 Å². The average molecular weight is 572 g/mol. The van der Waals surface area contributed by atoms with Crippen LogP contribution in [-0.4, -0.2) is 46.1 Å². The van der Waals surface area contributed by atoms with Gasteiger partial charge in [0.05, 0.1) is 34.4 Å². The van der Waals surface area contributed by atoms with Crippen LogP contribution >= 0.6 is 24.0 Å². The third kappa shape index (κ3) is 5.15. The molecule has 3 aromatic carbocycles. The van der Waals surface area contributed by atoms with Crippen molar-refractivity contribution < 1.29 is 23.9 Å². The molecule has 2 aliphatic rings. The van der Waals surface area contributed by atoms with Crippen LogP contribution in [0.5, 0.6) is 0 Å². The van der Waals surface area contributed by atoms with Gasteiger partial charge in [0.25, 0.3) is 11.8 Å². The van der Waals surface area contributed by atoms with Gasteiger partial charge in [0.2, 0.25) is 5.91 Å². The minimum atomic E-state index is -0.448. The fourth-order valence-electron chi connectivity index (χ4n) is 4.65. The van der Waals surface area contributed by atoms with E-state index < -0.39 is 17.8 Å². The molecule has 0 saturated carbocycles. The zero-order chi connectivity index (χ0) is 28.4. The van der Waals surface area contributed by atoms with Crippen LogP contribution in [0.15, 0.2) is 83.8 Å². The standard InChI is InChI=1S/C30H25N3O5S2/c1-3-38-29(37)20-13-15-21(16-14-20)31-24(34)17-32-23-12-8-7-11-22(23)25(27(32)35)26-28(36)33(30(39)40-26)18(2)19-9-5-4-6-10-19/h4-16,18H,3,17H2,1-2H3,(H,31,34)/b26-25-/t18-/m1/s1. The molecular formula is C30H25N3O5S2. The average Bonchev–Trinajstić information content (AvgIpc) is 3.40. The van der Waals surface area contributed by atoms with Crippen LogP contribution < -0.4 is 10.2 Å². The number of rotatable bonds is 7. The highest BCUT2D eigenvalue weighted by molar-refractivity contribution is 8.26. The van der Waals surface area contributed by atoms with E-state index in [1.54, 1.807) is 55.5 Å². The number of amides is 3. The molecule has 8 nitrogen and oxygen atoms in total. The molecule has 0 spiro atoms. The summed E-state index contributed by atoms with van der Waals surface area (Å²) in [5.74, 6) is -1.66. The van der Waals surface area contributed by atoms with E-state index in [1.165, 1.54) is 9.80 Å². The van der Waals surface area contributed by atoms with Crippen molar-refractivity contribution in [3.63, 3.8) is 0 Å². The Bertz CT molecular complexity index is 1550. The van der Waals surface area contributed by atoms with Gasteiger partial charge in [-0.2, -0.15) is 0 Å². The summed E-state index contributed by atoms with van der Waals surface area (Å²) in [6, 6.07) is 22.6. The third-order valence-corrected chi connectivity index (χ3v) is 8.00. The van der Waals surface area contributed by atoms with E-state index in [1.807, 2.05) is 37.3 Å². The van der Waals surface area contributed by atoms with Gasteiger partial charge in [0.15, 0.2) is 0 Å². The van der Waals surface area contributed by atoms with Crippen molar-refractivity contribution in [3.8, 4) is 0 Å². The largest absolute Gasteiger partial charge is 0.462 e. The van der Waals surface area contributed by atoms with Crippen LogP contribution in [0.2, 0.25) is 0 Å². The molecular weight excluding hydrogens is 546 g/mol. The summed E-state index contributed by atoms with van der Waals surface area (Å²) in [5, 5.41) is 2.76. The van der Waals surface area contributed by atoms with Crippen LogP contribution in [-0.2, 0) is 19.1 Å². The predicted molar refractivity (Wildman–Crippen MR) is 159 cm³/mol. The maximum atomic E-state index is 13.7. The van der Waals surface area contributed by atoms with Crippen molar-refractivity contribution in [3.05, 3.63) is 100 Å². The van der Waals surface area contributed by atoms with E-state index in [-0.39, 0.29) is 35.6 Å². The Morgan fingerprint density at radius 1 is 0.950 bits per heavy atom. The molecule has 1 saturated heterocycles. The zero-order valence-corrected chi connectivity index (χ0v) is 23.4. The van der Waals surface area contributed by atoms with E-state index in [9.17, 15) is 19.2 Å². The molecule has 5 rings (SSSR count). The molecule has 2 heterocycles. The molecule has 0 bridgehead atoms. The molecule has 10 heteroatoms. The third-order valence-electron chi connectivity index (χ3n) is 6.60. The lowest BCUT2D eigenvalue weighted by atomic mass is 10.1. The maximum Gasteiger partial charge on any atom is 0.338 e. The first kappa shape index (κ1) is 27.3. The summed E-state index contributed by atoms with van der Waals surface area (Å²) in [4.78, 5) is 55.4. The number of hydrogen-bond acceptors (Lipinski definition) is 7. The van der Waals surface area contributed by atoms with Crippen LogP contribution in [0.25, 0.3) is 5.57 Å². The monoisotopic (exact) mass is 571 g/mol. The fraction of sp³-hybridized carbons (Fsp3) is 0.167. The van der Waals surface area contributed by atoms with Crippen molar-refractivity contribution in [2.75, 3.05) is 23.4 Å². The van der Waals surface area contributed by atoms with Gasteiger partial charge in [0.1, 0.15) is 10.9 Å². The van der Waals surface area contributed by atoms with Gasteiger partial charge in [0, 0.05) is 11.3 Å². The molecule has 3 amide bonds. The van der Waals surface area contributed by atoms with Crippen LogP contribution in [0.1, 0.15) is 41.4 Å². The van der Waals surface area contributed by atoms with E-state index in [0.29, 0.717) is 26.8 Å². The first-order valence-electron chi connectivity index (χ1n) is 12.6. The van der Waals surface area contributed by atoms with Gasteiger partial charge in [-0.15, -0.1) is 0 Å². The van der Waals surface area contributed by atoms with E-state index in [4.69, 9.17) is 17.0 Å². The molecule has 40 heavy (non-hydrogen) atoms. The van der Waals surface area contributed by atoms with Crippen LogP contribution in [0.3, 0.4) is 0 Å². The number of thioether (sulfide) groups is 1. The van der Waals surface area contributed by atoms with Gasteiger partial charge in [-0.25, -0.2) is 4.79 Å². The summed E-state index contributed by atoms with van der Waals surface area (Å²) >= 11 is 6.67. The number of thiocarbonyl (C=S) groups is 1. The Hall–Kier alpha value is -4.28. The number of carbonyl (C=O) groups is 4. The number of anilines is 2. The van der Waals surface area contributed by atoms with Gasteiger partial charge in [-0.3, -0.25) is 24.2 Å². The molecule has 1 atom stereocenters. The Labute approximate surface area is 241 Å². The number of para-hydroxylation sites is 1. The van der Waals surface area contributed by atoms with Gasteiger partial charge in [-0.1, -0.05) is 72.5 Å². The number of fused-ring (bicyclic) bond motifs is 1. The first-order valence-corrected chi connectivity index (χ1v) is 13.9. The zero-order valence-electron chi connectivity index (χ0n) is 21.7. The topological polar surface area (TPSA) is 96.0 Å². The molecule has 0 aliphatic carbocycles. The van der Waals surface area contributed by atoms with E-state index in [2.05, 4.69) is 5.32 Å². The van der Waals surface area contributed by atoms with Gasteiger partial charge >= 0.3 is 5.97 Å². The van der Waals surface area contributed by atoms with Gasteiger partial charge in [-0.05, 0) is 49.7 Å². The number of hydrogen-bond donors (Lipinski definition) is 1. The summed E-state index contributed by atoms with van der Waals surface area (Å²) in [5.41, 5.74) is 3.11. The molecule has 3 aromatic rings. The lowest BCUT2D eigenvalue weighted by Gasteiger charge is -2.23. The molecule has 0 aromatic heterocycles. The number of benzene rings is 3. The van der Waals surface area contributed by atoms with Crippen molar-refractivity contribution in [2.45, 2.75) is 19.9 Å². The Kier molecular flexibility index (Phi) is 7.81. The van der Waals surface area contributed by atoms with Crippen molar-refractivity contribution in [2.24, 2.45) is 0 Å². The van der Waals surface area contributed by atoms with E-state index >= 15 is 0 Å². The Morgan fingerprint density at radius 3 is 2.33 bits per heavy atom. The number of ether oxygens (including phenoxy) is 1. The normalized spacial score (nSPS) is 17.2. The minimum absolute atomic E-state index is 0.238.